The Morgan fingerprint density at radius 1 is 1.45 bits per heavy atom. The number of nitrogens with one attached hydrogen (secondary N) is 1. The zero-order valence-electron chi connectivity index (χ0n) is 10.6. The van der Waals surface area contributed by atoms with Crippen molar-refractivity contribution < 1.29 is 4.92 Å². The number of nitro benzene ring substituents is 1. The van der Waals surface area contributed by atoms with Gasteiger partial charge in [-0.05, 0) is 34.5 Å². The topological polar surface area (TPSA) is 68.1 Å². The number of pyridine rings is 1. The Morgan fingerprint density at radius 2 is 2.20 bits per heavy atom. The number of hydrogen-bond acceptors (Lipinski definition) is 4. The van der Waals surface area contributed by atoms with Crippen LogP contribution in [0.5, 0.6) is 0 Å². The largest absolute Gasteiger partial charge is 0.380 e. The normalized spacial score (nSPS) is 10.3. The van der Waals surface area contributed by atoms with Crippen LogP contribution in [-0.2, 0) is 6.54 Å². The van der Waals surface area contributed by atoms with Gasteiger partial charge in [-0.25, -0.2) is 4.98 Å². The Morgan fingerprint density at radius 3 is 2.85 bits per heavy atom. The third-order valence-corrected chi connectivity index (χ3v) is 3.90. The van der Waals surface area contributed by atoms with Crippen LogP contribution in [0, 0.1) is 17.0 Å². The van der Waals surface area contributed by atoms with Gasteiger partial charge >= 0.3 is 0 Å². The van der Waals surface area contributed by atoms with Crippen molar-refractivity contribution in [3.05, 3.63) is 61.3 Å². The van der Waals surface area contributed by atoms with Crippen molar-refractivity contribution in [3.8, 4) is 0 Å². The summed E-state index contributed by atoms with van der Waals surface area (Å²) in [7, 11) is 0. The molecule has 1 aromatic heterocycles. The highest BCUT2D eigenvalue weighted by molar-refractivity contribution is 9.10. The fourth-order valence-electron chi connectivity index (χ4n) is 1.68. The van der Waals surface area contributed by atoms with E-state index in [1.165, 1.54) is 0 Å². The zero-order chi connectivity index (χ0) is 14.7. The minimum atomic E-state index is -0.376. The summed E-state index contributed by atoms with van der Waals surface area (Å²) < 4.78 is 0.694. The number of anilines is 1. The Balaban J connectivity index is 2.12. The number of halogens is 2. The molecule has 0 saturated carbocycles. The average Bonchev–Trinajstić information content (AvgIpc) is 2.41. The molecular weight excluding hydrogens is 346 g/mol. The molecule has 0 fully saturated rings. The molecule has 104 valence electrons. The summed E-state index contributed by atoms with van der Waals surface area (Å²) in [5.41, 5.74) is 2.38. The molecule has 0 amide bonds. The summed E-state index contributed by atoms with van der Waals surface area (Å²) >= 11 is 9.10. The van der Waals surface area contributed by atoms with Crippen LogP contribution in [0.25, 0.3) is 0 Å². The van der Waals surface area contributed by atoms with E-state index in [1.54, 1.807) is 31.3 Å². The van der Waals surface area contributed by atoms with Crippen molar-refractivity contribution >= 4 is 38.9 Å². The van der Waals surface area contributed by atoms with Gasteiger partial charge in [0.05, 0.1) is 21.3 Å². The van der Waals surface area contributed by atoms with Crippen molar-refractivity contribution in [2.75, 3.05) is 5.32 Å². The molecule has 0 aliphatic carbocycles. The average molecular weight is 357 g/mol. The van der Waals surface area contributed by atoms with E-state index >= 15 is 0 Å². The quantitative estimate of drug-likeness (QED) is 0.503. The van der Waals surface area contributed by atoms with E-state index in [0.717, 1.165) is 11.3 Å². The summed E-state index contributed by atoms with van der Waals surface area (Å²) in [6.07, 6.45) is 1.61. The maximum Gasteiger partial charge on any atom is 0.272 e. The van der Waals surface area contributed by atoms with Gasteiger partial charge in [-0.1, -0.05) is 23.7 Å². The number of nitrogens with zero attached hydrogens (tertiary/aromatic N) is 2. The second-order valence-electron chi connectivity index (χ2n) is 4.23. The summed E-state index contributed by atoms with van der Waals surface area (Å²) in [5, 5.41) is 14.4. The Bertz CT molecular complexity index is 664. The second kappa shape index (κ2) is 6.19. The van der Waals surface area contributed by atoms with Crippen LogP contribution in [-0.4, -0.2) is 9.91 Å². The van der Waals surface area contributed by atoms with Gasteiger partial charge in [0.15, 0.2) is 0 Å². The minimum absolute atomic E-state index is 0.125. The first kappa shape index (κ1) is 14.7. The van der Waals surface area contributed by atoms with Gasteiger partial charge in [0.25, 0.3) is 5.69 Å². The van der Waals surface area contributed by atoms with E-state index in [9.17, 15) is 10.1 Å². The second-order valence-corrected chi connectivity index (χ2v) is 5.44. The number of aryl methyl sites for hydroxylation is 1. The first-order valence-electron chi connectivity index (χ1n) is 5.76. The van der Waals surface area contributed by atoms with Gasteiger partial charge in [-0.15, -0.1) is 0 Å². The maximum absolute atomic E-state index is 10.9. The van der Waals surface area contributed by atoms with E-state index in [0.29, 0.717) is 21.7 Å². The molecule has 0 spiro atoms. The predicted molar refractivity (Wildman–Crippen MR) is 82.1 cm³/mol. The molecule has 2 aromatic rings. The maximum atomic E-state index is 10.9. The fraction of sp³-hybridized carbons (Fsp3) is 0.154. The summed E-state index contributed by atoms with van der Waals surface area (Å²) in [4.78, 5) is 14.5. The lowest BCUT2D eigenvalue weighted by Gasteiger charge is -2.08. The molecule has 0 aliphatic rings. The van der Waals surface area contributed by atoms with E-state index in [4.69, 9.17) is 11.6 Å². The van der Waals surface area contributed by atoms with E-state index in [-0.39, 0.29) is 10.6 Å². The molecule has 0 unspecified atom stereocenters. The highest BCUT2D eigenvalue weighted by atomic mass is 79.9. The van der Waals surface area contributed by atoms with Crippen molar-refractivity contribution in [3.63, 3.8) is 0 Å². The summed E-state index contributed by atoms with van der Waals surface area (Å²) in [6, 6.07) is 6.97. The van der Waals surface area contributed by atoms with Crippen LogP contribution in [0.1, 0.15) is 11.1 Å². The lowest BCUT2D eigenvalue weighted by Crippen LogP contribution is -2.01. The molecule has 5 nitrogen and oxygen atoms in total. The van der Waals surface area contributed by atoms with Crippen LogP contribution in [0.2, 0.25) is 5.15 Å². The fourth-order valence-corrected chi connectivity index (χ4v) is 2.14. The number of benzene rings is 1. The van der Waals surface area contributed by atoms with Crippen LogP contribution >= 0.6 is 27.5 Å². The molecule has 0 atom stereocenters. The molecule has 7 heteroatoms. The van der Waals surface area contributed by atoms with Gasteiger partial charge in [0.2, 0.25) is 0 Å². The SMILES string of the molecule is Cc1ccc(CNc2cnc(Cl)c(Br)c2)cc1[N+](=O)[O-]. The van der Waals surface area contributed by atoms with Crippen LogP contribution in [0.15, 0.2) is 34.9 Å². The molecule has 0 bridgehead atoms. The highest BCUT2D eigenvalue weighted by Crippen LogP contribution is 2.24. The minimum Gasteiger partial charge on any atom is -0.380 e. The molecule has 0 aliphatic heterocycles. The first-order chi connectivity index (χ1) is 9.47. The molecule has 1 aromatic carbocycles. The molecule has 1 N–H and O–H groups in total. The van der Waals surface area contributed by atoms with Gasteiger partial charge in [0, 0.05) is 18.2 Å². The molecule has 20 heavy (non-hydrogen) atoms. The van der Waals surface area contributed by atoms with Crippen molar-refractivity contribution in [1.82, 2.24) is 4.98 Å². The molecule has 0 radical (unpaired) electrons. The standard InChI is InChI=1S/C13H11BrClN3O2/c1-8-2-3-9(4-12(8)18(19)20)6-16-10-5-11(14)13(15)17-7-10/h2-5,7,16H,6H2,1H3. The number of aromatic nitrogens is 1. The third-order valence-electron chi connectivity index (χ3n) is 2.76. The van der Waals surface area contributed by atoms with E-state index in [2.05, 4.69) is 26.2 Å². The molecule has 2 rings (SSSR count). The number of hydrogen-bond donors (Lipinski definition) is 1. The van der Waals surface area contributed by atoms with Crippen LogP contribution in [0.3, 0.4) is 0 Å². The van der Waals surface area contributed by atoms with E-state index < -0.39 is 0 Å². The highest BCUT2D eigenvalue weighted by Gasteiger charge is 2.10. The van der Waals surface area contributed by atoms with Gasteiger partial charge < -0.3 is 5.32 Å². The van der Waals surface area contributed by atoms with Crippen LogP contribution in [0.4, 0.5) is 11.4 Å². The molecule has 1 heterocycles. The molecule has 0 saturated heterocycles. The van der Waals surface area contributed by atoms with E-state index in [1.807, 2.05) is 6.07 Å². The van der Waals surface area contributed by atoms with Gasteiger partial charge in [0.1, 0.15) is 5.15 Å². The lowest BCUT2D eigenvalue weighted by atomic mass is 10.1. The Hall–Kier alpha value is -1.66. The van der Waals surface area contributed by atoms with Crippen molar-refractivity contribution in [2.24, 2.45) is 0 Å². The number of nitro groups is 1. The van der Waals surface area contributed by atoms with Crippen LogP contribution < -0.4 is 5.32 Å². The lowest BCUT2D eigenvalue weighted by molar-refractivity contribution is -0.385. The number of rotatable bonds is 4. The van der Waals surface area contributed by atoms with Crippen molar-refractivity contribution in [2.45, 2.75) is 13.5 Å². The van der Waals surface area contributed by atoms with Gasteiger partial charge in [-0.3, -0.25) is 10.1 Å². The Kier molecular flexibility index (Phi) is 4.57. The summed E-state index contributed by atoms with van der Waals surface area (Å²) in [6.45, 7) is 2.19. The predicted octanol–water partition coefficient (Wildman–Crippen LogP) is 4.33. The first-order valence-corrected chi connectivity index (χ1v) is 6.93. The Labute approximate surface area is 129 Å². The van der Waals surface area contributed by atoms with Gasteiger partial charge in [-0.2, -0.15) is 0 Å². The smallest absolute Gasteiger partial charge is 0.272 e. The monoisotopic (exact) mass is 355 g/mol. The summed E-state index contributed by atoms with van der Waals surface area (Å²) in [5.74, 6) is 0. The molecular formula is C13H11BrClN3O2. The van der Waals surface area contributed by atoms with Crippen molar-refractivity contribution in [1.29, 1.82) is 0 Å². The third kappa shape index (κ3) is 3.46. The zero-order valence-corrected chi connectivity index (χ0v) is 12.9.